The fourth-order valence-corrected chi connectivity index (χ4v) is 6.08. The first-order valence-electron chi connectivity index (χ1n) is 17.0. The molecule has 13 nitrogen and oxygen atoms in total. The average Bonchev–Trinajstić information content (AvgIpc) is 3.43. The standard InChI is InChI=1S/C34H59N7O6/c1-11-14-23(26(42)29(44)35-16-12-2)37-28(43)25-22(21(3)4)15-19-41(25)30(45)27(34(8,9)10)39-31(46)38-24(33(5,6)7)20-40-18-13-17-36-32(40)47/h12,21-25,27H,2,11,13-20H2,1,3-10H3,(H,35,44)(H,36,47)(H,37,43)(H2,38,39,46)/t22?,23?,24-,25+,27-/m1/s1. The molecule has 5 atom stereocenters. The van der Waals surface area contributed by atoms with E-state index in [1.54, 1.807) is 4.90 Å². The van der Waals surface area contributed by atoms with Gasteiger partial charge in [0.25, 0.3) is 5.91 Å². The van der Waals surface area contributed by atoms with Gasteiger partial charge in [-0.05, 0) is 41.9 Å². The Balaban J connectivity index is 2.31. The number of rotatable bonds is 14. The number of hydrogen-bond acceptors (Lipinski definition) is 6. The van der Waals surface area contributed by atoms with Crippen LogP contribution in [-0.4, -0.2) is 102 Å². The first kappa shape index (κ1) is 39.5. The van der Waals surface area contributed by atoms with Crippen molar-refractivity contribution in [3.8, 4) is 0 Å². The maximum absolute atomic E-state index is 14.3. The maximum Gasteiger partial charge on any atom is 0.317 e. The van der Waals surface area contributed by atoms with E-state index in [4.69, 9.17) is 0 Å². The third-order valence-corrected chi connectivity index (χ3v) is 9.00. The Labute approximate surface area is 280 Å². The van der Waals surface area contributed by atoms with Crippen LogP contribution in [0.25, 0.3) is 0 Å². The molecule has 0 aromatic rings. The number of amides is 7. The van der Waals surface area contributed by atoms with Crippen molar-refractivity contribution in [2.45, 2.75) is 112 Å². The van der Waals surface area contributed by atoms with Gasteiger partial charge in [-0.2, -0.15) is 0 Å². The molecule has 13 heteroatoms. The third-order valence-electron chi connectivity index (χ3n) is 9.00. The Hall–Kier alpha value is -3.64. The summed E-state index contributed by atoms with van der Waals surface area (Å²) in [6, 6.07) is -4.04. The molecule has 0 saturated carbocycles. The van der Waals surface area contributed by atoms with E-state index in [1.807, 2.05) is 62.3 Å². The van der Waals surface area contributed by atoms with Crippen molar-refractivity contribution in [3.05, 3.63) is 12.7 Å². The van der Waals surface area contributed by atoms with Crippen LogP contribution in [0, 0.1) is 22.7 Å². The number of Topliss-reactive ketones (excluding diaryl/α,β-unsaturated/α-hetero) is 1. The van der Waals surface area contributed by atoms with Crippen LogP contribution in [0.1, 0.15) is 88.0 Å². The predicted molar refractivity (Wildman–Crippen MR) is 181 cm³/mol. The molecule has 5 N–H and O–H groups in total. The number of likely N-dealkylation sites (tertiary alicyclic amines) is 1. The Kier molecular flexibility index (Phi) is 14.3. The van der Waals surface area contributed by atoms with Crippen LogP contribution in [0.2, 0.25) is 0 Å². The quantitative estimate of drug-likeness (QED) is 0.142. The molecule has 2 aliphatic heterocycles. The van der Waals surface area contributed by atoms with E-state index in [-0.39, 0.29) is 30.8 Å². The summed E-state index contributed by atoms with van der Waals surface area (Å²) < 4.78 is 0. The van der Waals surface area contributed by atoms with E-state index in [0.717, 1.165) is 6.42 Å². The van der Waals surface area contributed by atoms with Crippen molar-refractivity contribution in [3.63, 3.8) is 0 Å². The highest BCUT2D eigenvalue weighted by Crippen LogP contribution is 2.33. The van der Waals surface area contributed by atoms with Crippen LogP contribution in [-0.2, 0) is 19.2 Å². The molecule has 2 heterocycles. The predicted octanol–water partition coefficient (Wildman–Crippen LogP) is 2.56. The molecule has 47 heavy (non-hydrogen) atoms. The lowest BCUT2D eigenvalue weighted by Crippen LogP contribution is -2.63. The van der Waals surface area contributed by atoms with Gasteiger partial charge in [0, 0.05) is 32.7 Å². The molecular formula is C34H59N7O6. The smallest absolute Gasteiger partial charge is 0.317 e. The van der Waals surface area contributed by atoms with Gasteiger partial charge in [-0.1, -0.05) is 74.8 Å². The Bertz CT molecular complexity index is 1160. The number of carbonyl (C=O) groups excluding carboxylic acids is 6. The van der Waals surface area contributed by atoms with Gasteiger partial charge in [0.15, 0.2) is 0 Å². The second-order valence-corrected chi connectivity index (χ2v) is 15.3. The first-order chi connectivity index (χ1) is 21.8. The van der Waals surface area contributed by atoms with Gasteiger partial charge in [-0.3, -0.25) is 19.2 Å². The Morgan fingerprint density at radius 2 is 1.66 bits per heavy atom. The molecular weight excluding hydrogens is 602 g/mol. The molecule has 266 valence electrons. The summed E-state index contributed by atoms with van der Waals surface area (Å²) in [5.74, 6) is -2.60. The number of ketones is 1. The minimum atomic E-state index is -1.04. The minimum absolute atomic E-state index is 0.0450. The fraction of sp³-hybridized carbons (Fsp3) is 0.765. The van der Waals surface area contributed by atoms with Crippen LogP contribution in [0.15, 0.2) is 12.7 Å². The molecule has 2 aliphatic rings. The van der Waals surface area contributed by atoms with Crippen molar-refractivity contribution in [1.82, 2.24) is 36.4 Å². The van der Waals surface area contributed by atoms with E-state index < -0.39 is 64.5 Å². The van der Waals surface area contributed by atoms with Gasteiger partial charge in [-0.25, -0.2) is 9.59 Å². The number of nitrogens with zero attached hydrogens (tertiary/aromatic N) is 2. The normalized spacial score (nSPS) is 20.5. The summed E-state index contributed by atoms with van der Waals surface area (Å²) in [5, 5.41) is 14.0. The van der Waals surface area contributed by atoms with E-state index in [9.17, 15) is 28.8 Å². The molecule has 0 spiro atoms. The van der Waals surface area contributed by atoms with Crippen molar-refractivity contribution >= 4 is 35.6 Å². The number of hydrogen-bond donors (Lipinski definition) is 5. The third kappa shape index (κ3) is 11.0. The maximum atomic E-state index is 14.3. The zero-order valence-corrected chi connectivity index (χ0v) is 30.0. The van der Waals surface area contributed by atoms with E-state index in [0.29, 0.717) is 39.0 Å². The van der Waals surface area contributed by atoms with Crippen LogP contribution >= 0.6 is 0 Å². The first-order valence-corrected chi connectivity index (χ1v) is 17.0. The minimum Gasteiger partial charge on any atom is -0.346 e. The van der Waals surface area contributed by atoms with Gasteiger partial charge >= 0.3 is 12.1 Å². The van der Waals surface area contributed by atoms with Gasteiger partial charge in [0.2, 0.25) is 17.6 Å². The molecule has 0 aromatic carbocycles. The highest BCUT2D eigenvalue weighted by Gasteiger charge is 2.48. The van der Waals surface area contributed by atoms with Gasteiger partial charge < -0.3 is 36.4 Å². The summed E-state index contributed by atoms with van der Waals surface area (Å²) in [7, 11) is 0. The topological polar surface area (TPSA) is 169 Å². The lowest BCUT2D eigenvalue weighted by Gasteiger charge is -2.39. The highest BCUT2D eigenvalue weighted by molar-refractivity contribution is 6.38. The number of nitrogens with one attached hydrogen (secondary N) is 5. The van der Waals surface area contributed by atoms with Crippen molar-refractivity contribution < 1.29 is 28.8 Å². The summed E-state index contributed by atoms with van der Waals surface area (Å²) in [4.78, 5) is 82.8. The van der Waals surface area contributed by atoms with Crippen molar-refractivity contribution in [2.24, 2.45) is 22.7 Å². The summed E-state index contributed by atoms with van der Waals surface area (Å²) >= 11 is 0. The SMILES string of the molecule is C=CCNC(=O)C(=O)C(CCC)NC(=O)[C@@H]1C(C(C)C)CCN1C(=O)[C@@H](NC(=O)N[C@H](CN1CCCNC1=O)C(C)(C)C)C(C)(C)C. The number of carbonyl (C=O) groups is 6. The van der Waals surface area contributed by atoms with Crippen LogP contribution in [0.4, 0.5) is 9.59 Å². The summed E-state index contributed by atoms with van der Waals surface area (Å²) in [6.07, 6.45) is 3.66. The zero-order chi connectivity index (χ0) is 35.7. The monoisotopic (exact) mass is 661 g/mol. The Morgan fingerprint density at radius 3 is 2.19 bits per heavy atom. The molecule has 2 unspecified atom stereocenters. The van der Waals surface area contributed by atoms with Gasteiger partial charge in [-0.15, -0.1) is 6.58 Å². The highest BCUT2D eigenvalue weighted by atomic mass is 16.2. The summed E-state index contributed by atoms with van der Waals surface area (Å²) in [6.45, 7) is 22.8. The molecule has 2 saturated heterocycles. The molecule has 0 bridgehead atoms. The number of urea groups is 2. The summed E-state index contributed by atoms with van der Waals surface area (Å²) in [5.41, 5.74) is -1.12. The molecule has 7 amide bonds. The lowest BCUT2D eigenvalue weighted by atomic mass is 9.84. The largest absolute Gasteiger partial charge is 0.346 e. The zero-order valence-electron chi connectivity index (χ0n) is 30.0. The molecule has 0 radical (unpaired) electrons. The van der Waals surface area contributed by atoms with Gasteiger partial charge in [0.05, 0.1) is 12.1 Å². The second kappa shape index (κ2) is 17.0. The average molecular weight is 662 g/mol. The van der Waals surface area contributed by atoms with E-state index in [2.05, 4.69) is 33.2 Å². The fourth-order valence-electron chi connectivity index (χ4n) is 6.08. The van der Waals surface area contributed by atoms with Gasteiger partial charge in [0.1, 0.15) is 12.1 Å². The van der Waals surface area contributed by atoms with Crippen molar-refractivity contribution in [2.75, 3.05) is 32.7 Å². The van der Waals surface area contributed by atoms with Crippen LogP contribution < -0.4 is 26.6 Å². The second-order valence-electron chi connectivity index (χ2n) is 15.3. The molecule has 2 fully saturated rings. The van der Waals surface area contributed by atoms with Crippen LogP contribution in [0.3, 0.4) is 0 Å². The molecule has 0 aromatic heterocycles. The van der Waals surface area contributed by atoms with E-state index in [1.165, 1.54) is 11.0 Å². The van der Waals surface area contributed by atoms with Crippen molar-refractivity contribution in [1.29, 1.82) is 0 Å². The van der Waals surface area contributed by atoms with Crippen LogP contribution in [0.5, 0.6) is 0 Å². The molecule has 2 rings (SSSR count). The van der Waals surface area contributed by atoms with E-state index >= 15 is 0 Å². The molecule has 0 aliphatic carbocycles. The lowest BCUT2D eigenvalue weighted by molar-refractivity contribution is -0.144. The Morgan fingerprint density at radius 1 is 1.00 bits per heavy atom.